The van der Waals surface area contributed by atoms with E-state index >= 15 is 0 Å². The van der Waals surface area contributed by atoms with Crippen molar-refractivity contribution in [2.45, 2.75) is 11.8 Å². The number of hydrogen-bond acceptors (Lipinski definition) is 4. The Morgan fingerprint density at radius 2 is 1.91 bits per heavy atom. The first-order valence-electron chi connectivity index (χ1n) is 6.75. The van der Waals surface area contributed by atoms with Crippen molar-refractivity contribution in [3.05, 3.63) is 53.8 Å². The molecule has 0 aromatic heterocycles. The number of nitrogens with one attached hydrogen (secondary N) is 1. The SMILES string of the molecule is Cc1ccc(S(C)(=O)=O)cc1NC(=O)COc1ccccc1F. The molecular formula is C16H16FNO4S. The number of hydrogen-bond donors (Lipinski definition) is 1. The highest BCUT2D eigenvalue weighted by Gasteiger charge is 2.12. The fraction of sp³-hybridized carbons (Fsp3) is 0.188. The third kappa shape index (κ3) is 4.53. The van der Waals surface area contributed by atoms with Crippen LogP contribution in [0.5, 0.6) is 5.75 Å². The summed E-state index contributed by atoms with van der Waals surface area (Å²) in [5.74, 6) is -1.10. The van der Waals surface area contributed by atoms with Crippen molar-refractivity contribution in [2.75, 3.05) is 18.2 Å². The molecule has 0 fully saturated rings. The van der Waals surface area contributed by atoms with Gasteiger partial charge in [-0.1, -0.05) is 18.2 Å². The predicted molar refractivity (Wildman–Crippen MR) is 84.8 cm³/mol. The van der Waals surface area contributed by atoms with Crippen molar-refractivity contribution in [3.8, 4) is 5.75 Å². The van der Waals surface area contributed by atoms with Gasteiger partial charge >= 0.3 is 0 Å². The number of anilines is 1. The molecule has 0 unspecified atom stereocenters. The van der Waals surface area contributed by atoms with E-state index in [0.717, 1.165) is 6.26 Å². The van der Waals surface area contributed by atoms with E-state index in [-0.39, 0.29) is 17.3 Å². The molecule has 0 radical (unpaired) electrons. The molecular weight excluding hydrogens is 321 g/mol. The zero-order chi connectivity index (χ0) is 17.0. The molecule has 7 heteroatoms. The number of halogens is 1. The normalized spacial score (nSPS) is 11.1. The lowest BCUT2D eigenvalue weighted by Gasteiger charge is -2.11. The minimum absolute atomic E-state index is 0.0238. The van der Waals surface area contributed by atoms with Gasteiger partial charge in [-0.05, 0) is 36.8 Å². The van der Waals surface area contributed by atoms with Gasteiger partial charge in [-0.25, -0.2) is 12.8 Å². The minimum Gasteiger partial charge on any atom is -0.481 e. The van der Waals surface area contributed by atoms with E-state index in [0.29, 0.717) is 11.3 Å². The summed E-state index contributed by atoms with van der Waals surface area (Å²) >= 11 is 0. The Kier molecular flexibility index (Phi) is 5.00. The van der Waals surface area contributed by atoms with Crippen LogP contribution in [0.15, 0.2) is 47.4 Å². The van der Waals surface area contributed by atoms with E-state index in [1.54, 1.807) is 19.1 Å². The van der Waals surface area contributed by atoms with Gasteiger partial charge in [0.05, 0.1) is 4.90 Å². The Balaban J connectivity index is 2.07. The maximum absolute atomic E-state index is 13.4. The van der Waals surface area contributed by atoms with Gasteiger partial charge in [0.1, 0.15) is 0 Å². The van der Waals surface area contributed by atoms with Crippen molar-refractivity contribution in [1.29, 1.82) is 0 Å². The van der Waals surface area contributed by atoms with E-state index in [9.17, 15) is 17.6 Å². The summed E-state index contributed by atoms with van der Waals surface area (Å²) in [6, 6.07) is 10.2. The summed E-state index contributed by atoms with van der Waals surface area (Å²) < 4.78 is 41.6. The molecule has 0 spiro atoms. The lowest BCUT2D eigenvalue weighted by atomic mass is 10.2. The first-order chi connectivity index (χ1) is 10.8. The first kappa shape index (κ1) is 17.0. The van der Waals surface area contributed by atoms with Gasteiger partial charge in [-0.3, -0.25) is 4.79 Å². The number of aryl methyl sites for hydroxylation is 1. The van der Waals surface area contributed by atoms with E-state index in [1.807, 2.05) is 0 Å². The van der Waals surface area contributed by atoms with Crippen LogP contribution in [-0.2, 0) is 14.6 Å². The van der Waals surface area contributed by atoms with E-state index in [1.165, 1.54) is 30.3 Å². The summed E-state index contributed by atoms with van der Waals surface area (Å²) in [5.41, 5.74) is 1.08. The number of amides is 1. The maximum Gasteiger partial charge on any atom is 0.262 e. The van der Waals surface area contributed by atoms with E-state index < -0.39 is 21.6 Å². The molecule has 0 bridgehead atoms. The smallest absolute Gasteiger partial charge is 0.262 e. The number of rotatable bonds is 5. The van der Waals surface area contributed by atoms with Crippen LogP contribution in [0.2, 0.25) is 0 Å². The summed E-state index contributed by atoms with van der Waals surface area (Å²) in [4.78, 5) is 12.0. The molecule has 2 aromatic carbocycles. The monoisotopic (exact) mass is 337 g/mol. The van der Waals surface area contributed by atoms with Gasteiger partial charge in [-0.15, -0.1) is 0 Å². The predicted octanol–water partition coefficient (Wildman–Crippen LogP) is 2.56. The highest BCUT2D eigenvalue weighted by Crippen LogP contribution is 2.20. The molecule has 5 nitrogen and oxygen atoms in total. The molecule has 2 aromatic rings. The lowest BCUT2D eigenvalue weighted by molar-refractivity contribution is -0.118. The highest BCUT2D eigenvalue weighted by atomic mass is 32.2. The van der Waals surface area contributed by atoms with Gasteiger partial charge in [0.25, 0.3) is 5.91 Å². The third-order valence-corrected chi connectivity index (χ3v) is 4.22. The van der Waals surface area contributed by atoms with Crippen molar-refractivity contribution < 1.29 is 22.3 Å². The molecule has 23 heavy (non-hydrogen) atoms. The van der Waals surface area contributed by atoms with Crippen molar-refractivity contribution in [1.82, 2.24) is 0 Å². The molecule has 122 valence electrons. The van der Waals surface area contributed by atoms with Crippen molar-refractivity contribution in [2.24, 2.45) is 0 Å². The van der Waals surface area contributed by atoms with Crippen LogP contribution in [-0.4, -0.2) is 27.2 Å². The maximum atomic E-state index is 13.4. The topological polar surface area (TPSA) is 72.5 Å². The molecule has 0 aliphatic heterocycles. The van der Waals surface area contributed by atoms with Gasteiger partial charge in [0.2, 0.25) is 0 Å². The largest absolute Gasteiger partial charge is 0.481 e. The molecule has 0 saturated carbocycles. The van der Waals surface area contributed by atoms with Gasteiger partial charge in [0.15, 0.2) is 28.0 Å². The number of sulfone groups is 1. The zero-order valence-electron chi connectivity index (χ0n) is 12.7. The van der Waals surface area contributed by atoms with Gasteiger partial charge in [0, 0.05) is 11.9 Å². The van der Waals surface area contributed by atoms with Crippen LogP contribution in [0.25, 0.3) is 0 Å². The Hall–Kier alpha value is -2.41. The van der Waals surface area contributed by atoms with Gasteiger partial charge in [-0.2, -0.15) is 0 Å². The molecule has 0 aliphatic rings. The number of benzene rings is 2. The second-order valence-corrected chi connectivity index (χ2v) is 7.03. The van der Waals surface area contributed by atoms with Crippen molar-refractivity contribution >= 4 is 21.4 Å². The van der Waals surface area contributed by atoms with Crippen LogP contribution >= 0.6 is 0 Å². The van der Waals surface area contributed by atoms with Crippen molar-refractivity contribution in [3.63, 3.8) is 0 Å². The lowest BCUT2D eigenvalue weighted by Crippen LogP contribution is -2.21. The van der Waals surface area contributed by atoms with Crippen LogP contribution in [0.3, 0.4) is 0 Å². The Labute approximate surface area is 134 Å². The minimum atomic E-state index is -3.37. The fourth-order valence-corrected chi connectivity index (χ4v) is 2.50. The average Bonchev–Trinajstić information content (AvgIpc) is 2.47. The van der Waals surface area contributed by atoms with E-state index in [4.69, 9.17) is 4.74 Å². The second kappa shape index (κ2) is 6.78. The molecule has 2 rings (SSSR count). The van der Waals surface area contributed by atoms with Crippen LogP contribution in [0.4, 0.5) is 10.1 Å². The zero-order valence-corrected chi connectivity index (χ0v) is 13.5. The molecule has 1 amide bonds. The summed E-state index contributed by atoms with van der Waals surface area (Å²) in [6.45, 7) is 1.35. The number of carbonyl (C=O) groups excluding carboxylic acids is 1. The number of ether oxygens (including phenoxy) is 1. The Bertz CT molecular complexity index is 834. The quantitative estimate of drug-likeness (QED) is 0.910. The number of para-hydroxylation sites is 1. The first-order valence-corrected chi connectivity index (χ1v) is 8.64. The summed E-state index contributed by atoms with van der Waals surface area (Å²) in [7, 11) is -3.37. The standard InChI is InChI=1S/C16H16FNO4S/c1-11-7-8-12(23(2,20)21)9-14(11)18-16(19)10-22-15-6-4-3-5-13(15)17/h3-9H,10H2,1-2H3,(H,18,19). The fourth-order valence-electron chi connectivity index (χ4n) is 1.86. The molecule has 0 atom stereocenters. The van der Waals surface area contributed by atoms with E-state index in [2.05, 4.69) is 5.32 Å². The molecule has 0 saturated heterocycles. The van der Waals surface area contributed by atoms with Crippen LogP contribution in [0.1, 0.15) is 5.56 Å². The van der Waals surface area contributed by atoms with Crippen LogP contribution < -0.4 is 10.1 Å². The van der Waals surface area contributed by atoms with Crippen LogP contribution in [0, 0.1) is 12.7 Å². The third-order valence-electron chi connectivity index (χ3n) is 3.11. The second-order valence-electron chi connectivity index (χ2n) is 5.02. The Morgan fingerprint density at radius 1 is 1.22 bits per heavy atom. The van der Waals surface area contributed by atoms with Gasteiger partial charge < -0.3 is 10.1 Å². The molecule has 0 heterocycles. The highest BCUT2D eigenvalue weighted by molar-refractivity contribution is 7.90. The Morgan fingerprint density at radius 3 is 2.57 bits per heavy atom. The molecule has 1 N–H and O–H groups in total. The number of carbonyl (C=O) groups is 1. The molecule has 0 aliphatic carbocycles. The summed E-state index contributed by atoms with van der Waals surface area (Å²) in [5, 5.41) is 2.56. The summed E-state index contributed by atoms with van der Waals surface area (Å²) in [6.07, 6.45) is 1.09. The average molecular weight is 337 g/mol.